The molecule has 2 nitrogen and oxygen atoms in total. The number of hydrogen-bond donors (Lipinski definition) is 1. The van der Waals surface area contributed by atoms with Gasteiger partial charge in [0.2, 0.25) is 0 Å². The second-order valence-corrected chi connectivity index (χ2v) is 6.33. The summed E-state index contributed by atoms with van der Waals surface area (Å²) in [5.41, 5.74) is 0.506. The monoisotopic (exact) mass is 228 g/mol. The van der Waals surface area contributed by atoms with Crippen molar-refractivity contribution in [1.82, 2.24) is 10.2 Å². The molecule has 3 heteroatoms. The van der Waals surface area contributed by atoms with Crippen molar-refractivity contribution in [1.29, 1.82) is 0 Å². The summed E-state index contributed by atoms with van der Waals surface area (Å²) in [6, 6.07) is 0. The lowest BCUT2D eigenvalue weighted by atomic mass is 9.77. The molecular weight excluding hydrogens is 204 g/mol. The molecule has 0 aromatic heterocycles. The van der Waals surface area contributed by atoms with Gasteiger partial charge >= 0.3 is 0 Å². The van der Waals surface area contributed by atoms with Crippen molar-refractivity contribution in [2.24, 2.45) is 5.92 Å². The Balaban J connectivity index is 2.09. The first-order valence-corrected chi connectivity index (χ1v) is 7.45. The van der Waals surface area contributed by atoms with Crippen LogP contribution in [-0.4, -0.2) is 48.1 Å². The standard InChI is InChI=1S/C12H24N2S/c1-11(2)12(3-5-13-6-4-12)14-7-9-15-10-8-14/h11,13H,3-10H2,1-2H3. The zero-order chi connectivity index (χ0) is 10.7. The largest absolute Gasteiger partial charge is 0.317 e. The van der Waals surface area contributed by atoms with E-state index in [9.17, 15) is 0 Å². The fourth-order valence-electron chi connectivity index (χ4n) is 3.13. The highest BCUT2D eigenvalue weighted by Crippen LogP contribution is 2.35. The highest BCUT2D eigenvalue weighted by Gasteiger charge is 2.40. The Bertz CT molecular complexity index is 194. The summed E-state index contributed by atoms with van der Waals surface area (Å²) in [5.74, 6) is 3.46. The molecular formula is C12H24N2S. The van der Waals surface area contributed by atoms with Gasteiger partial charge in [-0.1, -0.05) is 13.8 Å². The lowest BCUT2D eigenvalue weighted by molar-refractivity contribution is 0.0240. The third kappa shape index (κ3) is 2.34. The molecule has 1 N–H and O–H groups in total. The normalized spacial score (nSPS) is 28.2. The van der Waals surface area contributed by atoms with E-state index in [2.05, 4.69) is 35.8 Å². The number of thioether (sulfide) groups is 1. The van der Waals surface area contributed by atoms with Gasteiger partial charge in [0.15, 0.2) is 0 Å². The molecule has 0 unspecified atom stereocenters. The minimum Gasteiger partial charge on any atom is -0.317 e. The molecule has 0 atom stereocenters. The Morgan fingerprint density at radius 3 is 2.27 bits per heavy atom. The molecule has 88 valence electrons. The van der Waals surface area contributed by atoms with Crippen LogP contribution in [0.25, 0.3) is 0 Å². The molecule has 0 saturated carbocycles. The average molecular weight is 228 g/mol. The summed E-state index contributed by atoms with van der Waals surface area (Å²) in [5, 5.41) is 3.50. The van der Waals surface area contributed by atoms with Crippen molar-refractivity contribution >= 4 is 11.8 Å². The van der Waals surface area contributed by atoms with Crippen molar-refractivity contribution in [3.05, 3.63) is 0 Å². The maximum atomic E-state index is 3.50. The third-order valence-corrected chi connectivity index (χ3v) is 5.13. The molecule has 0 aromatic carbocycles. The molecule has 0 aromatic rings. The molecule has 0 spiro atoms. The van der Waals surface area contributed by atoms with Gasteiger partial charge in [-0.25, -0.2) is 0 Å². The minimum atomic E-state index is 0.506. The van der Waals surface area contributed by atoms with Crippen molar-refractivity contribution in [3.8, 4) is 0 Å². The van der Waals surface area contributed by atoms with E-state index in [4.69, 9.17) is 0 Å². The maximum absolute atomic E-state index is 3.50. The van der Waals surface area contributed by atoms with Crippen LogP contribution >= 0.6 is 11.8 Å². The van der Waals surface area contributed by atoms with Gasteiger partial charge in [0.25, 0.3) is 0 Å². The van der Waals surface area contributed by atoms with Crippen molar-refractivity contribution in [2.75, 3.05) is 37.7 Å². The van der Waals surface area contributed by atoms with E-state index in [-0.39, 0.29) is 0 Å². The van der Waals surface area contributed by atoms with E-state index in [1.165, 1.54) is 50.5 Å². The molecule has 15 heavy (non-hydrogen) atoms. The van der Waals surface area contributed by atoms with Gasteiger partial charge in [-0.15, -0.1) is 0 Å². The highest BCUT2D eigenvalue weighted by molar-refractivity contribution is 7.99. The lowest BCUT2D eigenvalue weighted by Gasteiger charge is -2.51. The molecule has 2 saturated heterocycles. The van der Waals surface area contributed by atoms with Gasteiger partial charge in [-0.3, -0.25) is 4.90 Å². The van der Waals surface area contributed by atoms with Gasteiger partial charge < -0.3 is 5.32 Å². The Labute approximate surface area is 98.2 Å². The molecule has 2 fully saturated rings. The zero-order valence-electron chi connectivity index (χ0n) is 10.1. The second-order valence-electron chi connectivity index (χ2n) is 5.11. The Hall–Kier alpha value is 0.270. The molecule has 0 radical (unpaired) electrons. The van der Waals surface area contributed by atoms with E-state index in [0.29, 0.717) is 5.54 Å². The van der Waals surface area contributed by atoms with Gasteiger partial charge in [0.05, 0.1) is 0 Å². The van der Waals surface area contributed by atoms with E-state index in [1.807, 2.05) is 0 Å². The second kappa shape index (κ2) is 5.07. The smallest absolute Gasteiger partial charge is 0.0257 e. The first-order chi connectivity index (χ1) is 7.26. The van der Waals surface area contributed by atoms with Gasteiger partial charge in [-0.05, 0) is 31.8 Å². The average Bonchev–Trinajstić information content (AvgIpc) is 2.31. The fourth-order valence-corrected chi connectivity index (χ4v) is 4.03. The fraction of sp³-hybridized carbons (Fsp3) is 1.00. The Kier molecular flexibility index (Phi) is 3.97. The van der Waals surface area contributed by atoms with Crippen LogP contribution in [0.2, 0.25) is 0 Å². The summed E-state index contributed by atoms with van der Waals surface area (Å²) in [6.07, 6.45) is 2.69. The van der Waals surface area contributed by atoms with Crippen molar-refractivity contribution in [2.45, 2.75) is 32.2 Å². The van der Waals surface area contributed by atoms with E-state index in [1.54, 1.807) is 0 Å². The molecule has 0 aliphatic carbocycles. The quantitative estimate of drug-likeness (QED) is 0.776. The topological polar surface area (TPSA) is 15.3 Å². The molecule has 2 heterocycles. The van der Waals surface area contributed by atoms with E-state index < -0.39 is 0 Å². The van der Waals surface area contributed by atoms with Crippen LogP contribution in [0.3, 0.4) is 0 Å². The van der Waals surface area contributed by atoms with Crippen LogP contribution in [0.15, 0.2) is 0 Å². The van der Waals surface area contributed by atoms with E-state index >= 15 is 0 Å². The summed E-state index contributed by atoms with van der Waals surface area (Å²) in [6.45, 7) is 9.86. The molecule has 2 rings (SSSR count). The zero-order valence-corrected chi connectivity index (χ0v) is 10.9. The lowest BCUT2D eigenvalue weighted by Crippen LogP contribution is -2.59. The van der Waals surface area contributed by atoms with Crippen LogP contribution in [0.1, 0.15) is 26.7 Å². The van der Waals surface area contributed by atoms with Crippen LogP contribution in [0, 0.1) is 5.92 Å². The van der Waals surface area contributed by atoms with Crippen LogP contribution < -0.4 is 5.32 Å². The molecule has 0 bridgehead atoms. The van der Waals surface area contributed by atoms with Gasteiger partial charge in [0.1, 0.15) is 0 Å². The van der Waals surface area contributed by atoms with Crippen LogP contribution in [0.5, 0.6) is 0 Å². The van der Waals surface area contributed by atoms with Crippen molar-refractivity contribution in [3.63, 3.8) is 0 Å². The number of hydrogen-bond acceptors (Lipinski definition) is 3. The highest BCUT2D eigenvalue weighted by atomic mass is 32.2. The van der Waals surface area contributed by atoms with Gasteiger partial charge in [0, 0.05) is 30.1 Å². The predicted molar refractivity (Wildman–Crippen MR) is 68.6 cm³/mol. The number of piperidine rings is 1. The summed E-state index contributed by atoms with van der Waals surface area (Å²) < 4.78 is 0. The maximum Gasteiger partial charge on any atom is 0.0257 e. The minimum absolute atomic E-state index is 0.506. The van der Waals surface area contributed by atoms with E-state index in [0.717, 1.165) is 5.92 Å². The first kappa shape index (κ1) is 11.7. The summed E-state index contributed by atoms with van der Waals surface area (Å²) in [4.78, 5) is 2.79. The third-order valence-electron chi connectivity index (χ3n) is 4.18. The molecule has 0 amide bonds. The Morgan fingerprint density at radius 1 is 1.13 bits per heavy atom. The van der Waals surface area contributed by atoms with Crippen molar-refractivity contribution < 1.29 is 0 Å². The predicted octanol–water partition coefficient (Wildman–Crippen LogP) is 1.81. The number of rotatable bonds is 2. The first-order valence-electron chi connectivity index (χ1n) is 6.29. The van der Waals surface area contributed by atoms with Crippen LogP contribution in [-0.2, 0) is 0 Å². The number of nitrogens with zero attached hydrogens (tertiary/aromatic N) is 1. The summed E-state index contributed by atoms with van der Waals surface area (Å²) in [7, 11) is 0. The Morgan fingerprint density at radius 2 is 1.73 bits per heavy atom. The summed E-state index contributed by atoms with van der Waals surface area (Å²) >= 11 is 2.12. The molecule has 2 aliphatic heterocycles. The van der Waals surface area contributed by atoms with Crippen LogP contribution in [0.4, 0.5) is 0 Å². The molecule has 2 aliphatic rings. The van der Waals surface area contributed by atoms with Gasteiger partial charge in [-0.2, -0.15) is 11.8 Å². The number of nitrogens with one attached hydrogen (secondary N) is 1. The SMILES string of the molecule is CC(C)C1(N2CCSCC2)CCNCC1.